The molecule has 1 unspecified atom stereocenters. The summed E-state index contributed by atoms with van der Waals surface area (Å²) in [4.78, 5) is 4.41. The van der Waals surface area contributed by atoms with Crippen LogP contribution in [0.3, 0.4) is 0 Å². The van der Waals surface area contributed by atoms with Gasteiger partial charge in [-0.15, -0.1) is 0 Å². The SMILES string of the molecule is CCCOCCC(N)Cc1ccc(CC)cn1. The van der Waals surface area contributed by atoms with E-state index < -0.39 is 0 Å². The molecule has 0 radical (unpaired) electrons. The summed E-state index contributed by atoms with van der Waals surface area (Å²) in [5, 5.41) is 0. The number of hydrogen-bond acceptors (Lipinski definition) is 3. The second kappa shape index (κ2) is 8.20. The average Bonchev–Trinajstić information content (AvgIpc) is 2.36. The van der Waals surface area contributed by atoms with E-state index in [-0.39, 0.29) is 6.04 Å². The monoisotopic (exact) mass is 236 g/mol. The molecule has 0 aliphatic heterocycles. The summed E-state index contributed by atoms with van der Waals surface area (Å²) < 4.78 is 5.43. The van der Waals surface area contributed by atoms with Gasteiger partial charge in [-0.2, -0.15) is 0 Å². The van der Waals surface area contributed by atoms with Crippen molar-refractivity contribution in [3.05, 3.63) is 29.6 Å². The van der Waals surface area contributed by atoms with E-state index in [4.69, 9.17) is 10.5 Å². The van der Waals surface area contributed by atoms with Crippen LogP contribution in [0.5, 0.6) is 0 Å². The lowest BCUT2D eigenvalue weighted by Crippen LogP contribution is -2.25. The van der Waals surface area contributed by atoms with Crippen molar-refractivity contribution in [2.75, 3.05) is 13.2 Å². The number of nitrogens with two attached hydrogens (primary N) is 1. The second-order valence-corrected chi connectivity index (χ2v) is 4.38. The Hall–Kier alpha value is -0.930. The van der Waals surface area contributed by atoms with Crippen molar-refractivity contribution < 1.29 is 4.74 Å². The third-order valence-electron chi connectivity index (χ3n) is 2.75. The Morgan fingerprint density at radius 1 is 1.29 bits per heavy atom. The molecule has 2 N–H and O–H groups in total. The summed E-state index contributed by atoms with van der Waals surface area (Å²) in [6.07, 6.45) is 5.77. The first-order chi connectivity index (χ1) is 8.26. The maximum absolute atomic E-state index is 6.04. The molecule has 0 aromatic carbocycles. The smallest absolute Gasteiger partial charge is 0.0480 e. The number of rotatable bonds is 8. The summed E-state index contributed by atoms with van der Waals surface area (Å²) in [6, 6.07) is 4.35. The molecular weight excluding hydrogens is 212 g/mol. The van der Waals surface area contributed by atoms with Crippen LogP contribution in [-0.4, -0.2) is 24.2 Å². The molecule has 96 valence electrons. The van der Waals surface area contributed by atoms with Crippen LogP contribution in [0.2, 0.25) is 0 Å². The summed E-state index contributed by atoms with van der Waals surface area (Å²) in [7, 11) is 0. The van der Waals surface area contributed by atoms with Gasteiger partial charge in [-0.3, -0.25) is 4.98 Å². The lowest BCUT2D eigenvalue weighted by atomic mass is 10.1. The van der Waals surface area contributed by atoms with E-state index in [1.807, 2.05) is 6.20 Å². The van der Waals surface area contributed by atoms with Gasteiger partial charge in [-0.1, -0.05) is 19.9 Å². The summed E-state index contributed by atoms with van der Waals surface area (Å²) in [5.74, 6) is 0. The Bertz CT molecular complexity index is 298. The molecule has 0 amide bonds. The van der Waals surface area contributed by atoms with E-state index in [2.05, 4.69) is 31.0 Å². The van der Waals surface area contributed by atoms with Crippen LogP contribution in [0, 0.1) is 0 Å². The van der Waals surface area contributed by atoms with Crippen LogP contribution >= 0.6 is 0 Å². The van der Waals surface area contributed by atoms with Crippen LogP contribution in [0.25, 0.3) is 0 Å². The number of ether oxygens (including phenoxy) is 1. The van der Waals surface area contributed by atoms with Crippen molar-refractivity contribution in [1.82, 2.24) is 4.98 Å². The van der Waals surface area contributed by atoms with Gasteiger partial charge in [-0.25, -0.2) is 0 Å². The molecule has 3 nitrogen and oxygen atoms in total. The molecule has 0 aliphatic rings. The Labute approximate surface area is 104 Å². The van der Waals surface area contributed by atoms with Gasteiger partial charge >= 0.3 is 0 Å². The first-order valence-electron chi connectivity index (χ1n) is 6.53. The minimum Gasteiger partial charge on any atom is -0.381 e. The van der Waals surface area contributed by atoms with Gasteiger partial charge in [0.2, 0.25) is 0 Å². The number of aryl methyl sites for hydroxylation is 1. The predicted molar refractivity (Wildman–Crippen MR) is 71.0 cm³/mol. The van der Waals surface area contributed by atoms with E-state index in [1.54, 1.807) is 0 Å². The molecule has 1 aromatic rings. The molecule has 0 saturated carbocycles. The lowest BCUT2D eigenvalue weighted by molar-refractivity contribution is 0.127. The predicted octanol–water partition coefficient (Wildman–Crippen LogP) is 2.33. The standard InChI is InChI=1S/C14H24N2O/c1-3-8-17-9-7-13(15)10-14-6-5-12(4-2)11-16-14/h5-6,11,13H,3-4,7-10,15H2,1-2H3. The van der Waals surface area contributed by atoms with E-state index in [0.717, 1.165) is 44.6 Å². The van der Waals surface area contributed by atoms with E-state index in [0.29, 0.717) is 0 Å². The van der Waals surface area contributed by atoms with Crippen LogP contribution < -0.4 is 5.73 Å². The molecule has 3 heteroatoms. The zero-order chi connectivity index (χ0) is 12.5. The highest BCUT2D eigenvalue weighted by Gasteiger charge is 2.05. The third-order valence-corrected chi connectivity index (χ3v) is 2.75. The third kappa shape index (κ3) is 5.80. The van der Waals surface area contributed by atoms with Gasteiger partial charge in [-0.05, 0) is 30.9 Å². The fourth-order valence-corrected chi connectivity index (χ4v) is 1.64. The van der Waals surface area contributed by atoms with Crippen molar-refractivity contribution in [3.63, 3.8) is 0 Å². The molecule has 17 heavy (non-hydrogen) atoms. The molecule has 1 heterocycles. The molecule has 1 atom stereocenters. The van der Waals surface area contributed by atoms with Gasteiger partial charge in [0.1, 0.15) is 0 Å². The van der Waals surface area contributed by atoms with Crippen molar-refractivity contribution >= 4 is 0 Å². The number of hydrogen-bond donors (Lipinski definition) is 1. The maximum atomic E-state index is 6.04. The van der Waals surface area contributed by atoms with Crippen molar-refractivity contribution in [1.29, 1.82) is 0 Å². The van der Waals surface area contributed by atoms with Crippen LogP contribution in [0.1, 0.15) is 37.9 Å². The molecule has 0 spiro atoms. The molecule has 0 saturated heterocycles. The fourth-order valence-electron chi connectivity index (χ4n) is 1.64. The van der Waals surface area contributed by atoms with Gasteiger partial charge in [0.15, 0.2) is 0 Å². The van der Waals surface area contributed by atoms with Gasteiger partial charge in [0, 0.05) is 37.6 Å². The van der Waals surface area contributed by atoms with Gasteiger partial charge in [0.05, 0.1) is 0 Å². The average molecular weight is 236 g/mol. The summed E-state index contributed by atoms with van der Waals surface area (Å²) >= 11 is 0. The zero-order valence-corrected chi connectivity index (χ0v) is 11.0. The molecule has 0 aliphatic carbocycles. The topological polar surface area (TPSA) is 48.1 Å². The van der Waals surface area contributed by atoms with E-state index in [9.17, 15) is 0 Å². The second-order valence-electron chi connectivity index (χ2n) is 4.38. The normalized spacial score (nSPS) is 12.6. The minimum atomic E-state index is 0.145. The van der Waals surface area contributed by atoms with Crippen LogP contribution in [0.4, 0.5) is 0 Å². The van der Waals surface area contributed by atoms with E-state index >= 15 is 0 Å². The first kappa shape index (κ1) is 14.1. The summed E-state index contributed by atoms with van der Waals surface area (Å²) in [5.41, 5.74) is 8.38. The van der Waals surface area contributed by atoms with Gasteiger partial charge < -0.3 is 10.5 Å². The van der Waals surface area contributed by atoms with Crippen molar-refractivity contribution in [2.24, 2.45) is 5.73 Å². The number of pyridine rings is 1. The number of aromatic nitrogens is 1. The molecule has 1 rings (SSSR count). The highest BCUT2D eigenvalue weighted by molar-refractivity contribution is 5.14. The van der Waals surface area contributed by atoms with Crippen LogP contribution in [0.15, 0.2) is 18.3 Å². The van der Waals surface area contributed by atoms with E-state index in [1.165, 1.54) is 5.56 Å². The molecule has 1 aromatic heterocycles. The highest BCUT2D eigenvalue weighted by Crippen LogP contribution is 2.04. The highest BCUT2D eigenvalue weighted by atomic mass is 16.5. The molecular formula is C14H24N2O. The Balaban J connectivity index is 2.26. The number of nitrogens with zero attached hydrogens (tertiary/aromatic N) is 1. The Kier molecular flexibility index (Phi) is 6.82. The Morgan fingerprint density at radius 2 is 2.12 bits per heavy atom. The maximum Gasteiger partial charge on any atom is 0.0480 e. The fraction of sp³-hybridized carbons (Fsp3) is 0.643. The van der Waals surface area contributed by atoms with Crippen molar-refractivity contribution in [2.45, 2.75) is 45.6 Å². The molecule has 0 fully saturated rings. The van der Waals surface area contributed by atoms with Crippen molar-refractivity contribution in [3.8, 4) is 0 Å². The van der Waals surface area contributed by atoms with Gasteiger partial charge in [0.25, 0.3) is 0 Å². The summed E-state index contributed by atoms with van der Waals surface area (Å²) in [6.45, 7) is 5.82. The quantitative estimate of drug-likeness (QED) is 0.705. The largest absolute Gasteiger partial charge is 0.381 e. The van der Waals surface area contributed by atoms with Crippen LogP contribution in [-0.2, 0) is 17.6 Å². The Morgan fingerprint density at radius 3 is 2.71 bits per heavy atom. The lowest BCUT2D eigenvalue weighted by Gasteiger charge is -2.11. The first-order valence-corrected chi connectivity index (χ1v) is 6.53. The minimum absolute atomic E-state index is 0.145. The zero-order valence-electron chi connectivity index (χ0n) is 11.0. The molecule has 0 bridgehead atoms.